The van der Waals surface area contributed by atoms with E-state index in [1.54, 1.807) is 0 Å². The molecule has 0 bridgehead atoms. The molecular formula is C25H30N4O2S. The van der Waals surface area contributed by atoms with Gasteiger partial charge in [-0.15, -0.1) is 11.3 Å². The predicted molar refractivity (Wildman–Crippen MR) is 130 cm³/mol. The molecule has 32 heavy (non-hydrogen) atoms. The average Bonchev–Trinajstić information content (AvgIpc) is 3.27. The number of aromatic nitrogens is 1. The van der Waals surface area contributed by atoms with Crippen molar-refractivity contribution in [3.8, 4) is 5.75 Å². The van der Waals surface area contributed by atoms with Crippen molar-refractivity contribution in [2.45, 2.75) is 19.9 Å². The van der Waals surface area contributed by atoms with E-state index < -0.39 is 0 Å². The van der Waals surface area contributed by atoms with Crippen LogP contribution in [0.3, 0.4) is 0 Å². The van der Waals surface area contributed by atoms with Gasteiger partial charge in [0.05, 0.1) is 11.5 Å². The number of rotatable bonds is 9. The molecule has 1 saturated heterocycles. The van der Waals surface area contributed by atoms with E-state index in [0.29, 0.717) is 13.2 Å². The summed E-state index contributed by atoms with van der Waals surface area (Å²) < 4.78 is 5.83. The summed E-state index contributed by atoms with van der Waals surface area (Å²) in [7, 11) is 0. The number of pyridine rings is 1. The van der Waals surface area contributed by atoms with E-state index in [4.69, 9.17) is 4.74 Å². The number of carbonyl (C=O) groups excluding carboxylic acids is 1. The molecule has 0 spiro atoms. The first-order valence-corrected chi connectivity index (χ1v) is 12.0. The first kappa shape index (κ1) is 22.3. The van der Waals surface area contributed by atoms with E-state index in [-0.39, 0.29) is 5.91 Å². The number of nitrogens with one attached hydrogen (secondary N) is 1. The van der Waals surface area contributed by atoms with Crippen LogP contribution in [0.1, 0.15) is 27.2 Å². The SMILES string of the molecule is Cc1ccsc1C(=O)NCCCOc1ccc(CN2CCN(c3ccccn3)CC2)cc1. The lowest BCUT2D eigenvalue weighted by Gasteiger charge is -2.35. The number of nitrogens with zero attached hydrogens (tertiary/aromatic N) is 3. The summed E-state index contributed by atoms with van der Waals surface area (Å²) in [6.07, 6.45) is 2.63. The lowest BCUT2D eigenvalue weighted by atomic mass is 10.2. The molecule has 0 unspecified atom stereocenters. The fourth-order valence-electron chi connectivity index (χ4n) is 3.77. The topological polar surface area (TPSA) is 57.7 Å². The summed E-state index contributed by atoms with van der Waals surface area (Å²) in [5.74, 6) is 1.94. The first-order chi connectivity index (χ1) is 15.7. The Labute approximate surface area is 193 Å². The van der Waals surface area contributed by atoms with Crippen LogP contribution in [0.2, 0.25) is 0 Å². The summed E-state index contributed by atoms with van der Waals surface area (Å²) in [5.41, 5.74) is 2.32. The third-order valence-corrected chi connectivity index (χ3v) is 6.63. The quantitative estimate of drug-likeness (QED) is 0.500. The summed E-state index contributed by atoms with van der Waals surface area (Å²) in [6, 6.07) is 16.4. The number of anilines is 1. The van der Waals surface area contributed by atoms with E-state index >= 15 is 0 Å². The fourth-order valence-corrected chi connectivity index (χ4v) is 4.62. The molecule has 1 N–H and O–H groups in total. The van der Waals surface area contributed by atoms with Crippen LogP contribution in [0, 0.1) is 6.92 Å². The highest BCUT2D eigenvalue weighted by atomic mass is 32.1. The van der Waals surface area contributed by atoms with Crippen LogP contribution in [0.5, 0.6) is 5.75 Å². The minimum Gasteiger partial charge on any atom is -0.494 e. The van der Waals surface area contributed by atoms with Gasteiger partial charge in [0.25, 0.3) is 5.91 Å². The monoisotopic (exact) mass is 450 g/mol. The zero-order valence-corrected chi connectivity index (χ0v) is 19.3. The number of ether oxygens (including phenoxy) is 1. The Morgan fingerprint density at radius 3 is 2.59 bits per heavy atom. The van der Waals surface area contributed by atoms with Crippen molar-refractivity contribution >= 4 is 23.1 Å². The average molecular weight is 451 g/mol. The van der Waals surface area contributed by atoms with Crippen molar-refractivity contribution in [1.29, 1.82) is 0 Å². The second-order valence-electron chi connectivity index (χ2n) is 7.99. The van der Waals surface area contributed by atoms with Crippen LogP contribution in [-0.4, -0.2) is 55.1 Å². The molecule has 0 aliphatic carbocycles. The van der Waals surface area contributed by atoms with Gasteiger partial charge in [-0.1, -0.05) is 18.2 Å². The van der Waals surface area contributed by atoms with Crippen molar-refractivity contribution < 1.29 is 9.53 Å². The highest BCUT2D eigenvalue weighted by Crippen LogP contribution is 2.17. The minimum absolute atomic E-state index is 0.00252. The Kier molecular flexibility index (Phi) is 7.74. The predicted octanol–water partition coefficient (Wildman–Crippen LogP) is 3.97. The molecule has 0 radical (unpaired) electrons. The van der Waals surface area contributed by atoms with Gasteiger partial charge in [0.15, 0.2) is 0 Å². The molecule has 7 heteroatoms. The molecule has 1 aliphatic heterocycles. The Hall–Kier alpha value is -2.90. The molecule has 0 saturated carbocycles. The molecule has 168 valence electrons. The second kappa shape index (κ2) is 11.1. The summed E-state index contributed by atoms with van der Waals surface area (Å²) in [6.45, 7) is 8.17. The largest absolute Gasteiger partial charge is 0.494 e. The number of carbonyl (C=O) groups is 1. The minimum atomic E-state index is 0.00252. The van der Waals surface area contributed by atoms with Crippen LogP contribution in [0.25, 0.3) is 0 Å². The number of benzene rings is 1. The normalized spacial score (nSPS) is 14.3. The molecule has 0 atom stereocenters. The maximum Gasteiger partial charge on any atom is 0.261 e. The molecular weight excluding hydrogens is 420 g/mol. The molecule has 3 heterocycles. The van der Waals surface area contributed by atoms with Gasteiger partial charge in [-0.25, -0.2) is 4.98 Å². The van der Waals surface area contributed by atoms with E-state index in [1.807, 2.05) is 48.8 Å². The van der Waals surface area contributed by atoms with Crippen molar-refractivity contribution in [2.75, 3.05) is 44.2 Å². The van der Waals surface area contributed by atoms with Gasteiger partial charge in [0.2, 0.25) is 0 Å². The molecule has 1 fully saturated rings. The highest BCUT2D eigenvalue weighted by Gasteiger charge is 2.17. The standard InChI is InChI=1S/C25H30N4O2S/c1-20-10-18-32-24(20)25(30)27-12-4-17-31-22-8-6-21(7-9-22)19-28-13-15-29(16-14-28)23-5-2-3-11-26-23/h2-3,5-11,18H,4,12-17,19H2,1H3,(H,27,30). The maximum atomic E-state index is 12.1. The van der Waals surface area contributed by atoms with Crippen molar-refractivity contribution in [1.82, 2.24) is 15.2 Å². The number of thiophene rings is 1. The van der Waals surface area contributed by atoms with Crippen LogP contribution >= 0.6 is 11.3 Å². The summed E-state index contributed by atoms with van der Waals surface area (Å²) >= 11 is 1.48. The van der Waals surface area contributed by atoms with Crippen LogP contribution < -0.4 is 15.0 Å². The van der Waals surface area contributed by atoms with Crippen molar-refractivity contribution in [3.05, 3.63) is 76.1 Å². The van der Waals surface area contributed by atoms with Crippen molar-refractivity contribution in [3.63, 3.8) is 0 Å². The first-order valence-electron chi connectivity index (χ1n) is 11.1. The Balaban J connectivity index is 1.13. The lowest BCUT2D eigenvalue weighted by Crippen LogP contribution is -2.46. The van der Waals surface area contributed by atoms with E-state index in [1.165, 1.54) is 16.9 Å². The second-order valence-corrected chi connectivity index (χ2v) is 8.90. The molecule has 2 aromatic heterocycles. The van der Waals surface area contributed by atoms with Gasteiger partial charge < -0.3 is 15.0 Å². The molecule has 3 aromatic rings. The molecule has 4 rings (SSSR count). The zero-order valence-electron chi connectivity index (χ0n) is 18.5. The Morgan fingerprint density at radius 1 is 1.09 bits per heavy atom. The van der Waals surface area contributed by atoms with E-state index in [9.17, 15) is 4.79 Å². The number of hydrogen-bond acceptors (Lipinski definition) is 6. The zero-order chi connectivity index (χ0) is 22.2. The van der Waals surface area contributed by atoms with E-state index in [0.717, 1.165) is 61.2 Å². The van der Waals surface area contributed by atoms with Gasteiger partial charge >= 0.3 is 0 Å². The smallest absolute Gasteiger partial charge is 0.261 e. The number of piperazine rings is 1. The number of aryl methyl sites for hydroxylation is 1. The fraction of sp³-hybridized carbons (Fsp3) is 0.360. The molecule has 1 aromatic carbocycles. The number of hydrogen-bond donors (Lipinski definition) is 1. The number of amides is 1. The summed E-state index contributed by atoms with van der Waals surface area (Å²) in [4.78, 5) is 22.2. The van der Waals surface area contributed by atoms with Crippen LogP contribution in [0.15, 0.2) is 60.1 Å². The maximum absolute atomic E-state index is 12.1. The molecule has 1 amide bonds. The summed E-state index contributed by atoms with van der Waals surface area (Å²) in [5, 5.41) is 4.90. The van der Waals surface area contributed by atoms with Gasteiger partial charge in [-0.3, -0.25) is 9.69 Å². The van der Waals surface area contributed by atoms with Gasteiger partial charge in [0, 0.05) is 45.5 Å². The third-order valence-electron chi connectivity index (χ3n) is 5.62. The van der Waals surface area contributed by atoms with E-state index in [2.05, 4.69) is 38.3 Å². The highest BCUT2D eigenvalue weighted by molar-refractivity contribution is 7.12. The van der Waals surface area contributed by atoms with Crippen LogP contribution in [-0.2, 0) is 6.54 Å². The van der Waals surface area contributed by atoms with Gasteiger partial charge in [-0.2, -0.15) is 0 Å². The van der Waals surface area contributed by atoms with Gasteiger partial charge in [0.1, 0.15) is 11.6 Å². The third kappa shape index (κ3) is 6.08. The molecule has 6 nitrogen and oxygen atoms in total. The Morgan fingerprint density at radius 2 is 1.91 bits per heavy atom. The van der Waals surface area contributed by atoms with Gasteiger partial charge in [-0.05, 0) is 60.2 Å². The Bertz CT molecular complexity index is 983. The molecule has 1 aliphatic rings. The van der Waals surface area contributed by atoms with Crippen LogP contribution in [0.4, 0.5) is 5.82 Å². The lowest BCUT2D eigenvalue weighted by molar-refractivity contribution is 0.0955. The van der Waals surface area contributed by atoms with Crippen molar-refractivity contribution in [2.24, 2.45) is 0 Å².